The van der Waals surface area contributed by atoms with E-state index < -0.39 is 0 Å². The lowest BCUT2D eigenvalue weighted by atomic mass is 10.1. The van der Waals surface area contributed by atoms with Crippen LogP contribution in [0.25, 0.3) is 4.85 Å². The van der Waals surface area contributed by atoms with Gasteiger partial charge in [0.15, 0.2) is 6.04 Å². The van der Waals surface area contributed by atoms with Crippen LogP contribution in [-0.2, 0) is 6.42 Å². The first kappa shape index (κ1) is 13.8. The normalized spacial score (nSPS) is 17.5. The number of hydrogen-bond acceptors (Lipinski definition) is 2. The van der Waals surface area contributed by atoms with Gasteiger partial charge in [-0.2, -0.15) is 0 Å². The van der Waals surface area contributed by atoms with Crippen molar-refractivity contribution in [2.75, 3.05) is 11.5 Å². The van der Waals surface area contributed by atoms with Crippen molar-refractivity contribution in [3.05, 3.63) is 58.4 Å². The number of anilines is 1. The number of amides is 1. The SMILES string of the molecule is CCCOc1ccc2c(c1)[N+]#CC1Cc3ccccc3N1C2=O. The lowest BCUT2D eigenvalue weighted by molar-refractivity contribution is 0.0986. The van der Waals surface area contributed by atoms with Gasteiger partial charge in [0.25, 0.3) is 5.91 Å². The fourth-order valence-electron chi connectivity index (χ4n) is 3.11. The first-order valence-electron chi connectivity index (χ1n) is 7.92. The van der Waals surface area contributed by atoms with E-state index in [-0.39, 0.29) is 11.9 Å². The quantitative estimate of drug-likeness (QED) is 0.858. The van der Waals surface area contributed by atoms with Crippen molar-refractivity contribution in [1.82, 2.24) is 0 Å². The number of para-hydroxylation sites is 1. The van der Waals surface area contributed by atoms with E-state index in [4.69, 9.17) is 4.74 Å². The van der Waals surface area contributed by atoms with E-state index in [1.54, 1.807) is 11.0 Å². The Bertz CT molecular complexity index is 848. The van der Waals surface area contributed by atoms with E-state index in [9.17, 15) is 4.79 Å². The van der Waals surface area contributed by atoms with Gasteiger partial charge in [-0.05, 0) is 35.0 Å². The minimum Gasteiger partial charge on any atom is -0.493 e. The molecule has 23 heavy (non-hydrogen) atoms. The fourth-order valence-corrected chi connectivity index (χ4v) is 3.11. The molecule has 0 saturated carbocycles. The van der Waals surface area contributed by atoms with E-state index in [0.29, 0.717) is 17.9 Å². The van der Waals surface area contributed by atoms with Crippen molar-refractivity contribution < 1.29 is 9.53 Å². The summed E-state index contributed by atoms with van der Waals surface area (Å²) in [5.74, 6) is 0.720. The van der Waals surface area contributed by atoms with Crippen LogP contribution in [0, 0.1) is 6.07 Å². The second-order valence-electron chi connectivity index (χ2n) is 5.79. The van der Waals surface area contributed by atoms with Crippen LogP contribution < -0.4 is 9.64 Å². The Kier molecular flexibility index (Phi) is 3.27. The summed E-state index contributed by atoms with van der Waals surface area (Å²) in [6.45, 7) is 2.72. The summed E-state index contributed by atoms with van der Waals surface area (Å²) in [5.41, 5.74) is 3.36. The Balaban J connectivity index is 1.75. The van der Waals surface area contributed by atoms with Gasteiger partial charge in [-0.3, -0.25) is 9.69 Å². The molecule has 2 aromatic carbocycles. The molecular weight excluding hydrogens is 288 g/mol. The number of hydrogen-bond donors (Lipinski definition) is 0. The number of carbonyl (C=O) groups excluding carboxylic acids is 1. The Hall–Kier alpha value is -2.80. The minimum absolute atomic E-state index is 0.0225. The van der Waals surface area contributed by atoms with Crippen molar-refractivity contribution in [2.24, 2.45) is 0 Å². The molecule has 2 aromatic rings. The summed E-state index contributed by atoms with van der Waals surface area (Å²) in [6.07, 6.45) is 1.70. The van der Waals surface area contributed by atoms with E-state index in [1.807, 2.05) is 30.3 Å². The van der Waals surface area contributed by atoms with Crippen molar-refractivity contribution in [2.45, 2.75) is 25.8 Å². The minimum atomic E-state index is -0.132. The largest absolute Gasteiger partial charge is 0.493 e. The number of rotatable bonds is 3. The summed E-state index contributed by atoms with van der Waals surface area (Å²) in [4.78, 5) is 19.2. The molecule has 4 heteroatoms. The lowest BCUT2D eigenvalue weighted by Gasteiger charge is -2.18. The molecule has 2 aliphatic rings. The zero-order valence-electron chi connectivity index (χ0n) is 13.0. The standard InChI is InChI=1S/C19H17N2O2/c1-2-9-23-15-7-8-16-17(11-15)20-12-14-10-13-5-3-4-6-18(13)21(14)19(16)22/h3-8,11,14H,2,9-10H2,1H3/q+1. The maximum atomic E-state index is 13.0. The highest BCUT2D eigenvalue weighted by molar-refractivity contribution is 6.12. The molecule has 0 radical (unpaired) electrons. The Morgan fingerprint density at radius 1 is 1.30 bits per heavy atom. The molecule has 0 spiro atoms. The molecule has 114 valence electrons. The Morgan fingerprint density at radius 2 is 2.17 bits per heavy atom. The number of fused-ring (bicyclic) bond motifs is 4. The van der Waals surface area contributed by atoms with Crippen molar-refractivity contribution in [1.29, 1.82) is 0 Å². The molecule has 1 unspecified atom stereocenters. The first-order chi connectivity index (χ1) is 11.3. The van der Waals surface area contributed by atoms with Gasteiger partial charge in [0.2, 0.25) is 0 Å². The molecule has 0 aliphatic carbocycles. The average molecular weight is 305 g/mol. The van der Waals surface area contributed by atoms with Crippen molar-refractivity contribution in [3.8, 4) is 11.8 Å². The summed E-state index contributed by atoms with van der Waals surface area (Å²) in [6, 6.07) is 16.5. The van der Waals surface area contributed by atoms with Gasteiger partial charge in [0, 0.05) is 12.1 Å². The first-order valence-corrected chi connectivity index (χ1v) is 7.92. The second kappa shape index (κ2) is 5.44. The topological polar surface area (TPSA) is 33.9 Å². The van der Waals surface area contributed by atoms with Crippen molar-refractivity contribution >= 4 is 17.3 Å². The van der Waals surface area contributed by atoms with Crippen LogP contribution in [-0.4, -0.2) is 18.6 Å². The van der Waals surface area contributed by atoms with Crippen LogP contribution in [0.5, 0.6) is 5.75 Å². The Morgan fingerprint density at radius 3 is 3.04 bits per heavy atom. The van der Waals surface area contributed by atoms with Crippen LogP contribution in [0.15, 0.2) is 42.5 Å². The van der Waals surface area contributed by atoms with Crippen LogP contribution in [0.3, 0.4) is 0 Å². The maximum absolute atomic E-state index is 13.0. The molecule has 0 saturated heterocycles. The smallest absolute Gasteiger partial charge is 0.356 e. The van der Waals surface area contributed by atoms with Gasteiger partial charge in [0.05, 0.1) is 12.7 Å². The van der Waals surface area contributed by atoms with E-state index in [0.717, 1.165) is 24.3 Å². The van der Waals surface area contributed by atoms with Gasteiger partial charge < -0.3 is 4.74 Å². The van der Waals surface area contributed by atoms with Gasteiger partial charge in [0.1, 0.15) is 11.3 Å². The lowest BCUT2D eigenvalue weighted by Crippen LogP contribution is -2.36. The number of ether oxygens (including phenoxy) is 1. The molecular formula is C19H17N2O2+. The van der Waals surface area contributed by atoms with E-state index in [1.165, 1.54) is 5.56 Å². The van der Waals surface area contributed by atoms with Crippen LogP contribution >= 0.6 is 0 Å². The number of benzene rings is 2. The summed E-state index contributed by atoms with van der Waals surface area (Å²) in [5, 5.41) is 0. The highest BCUT2D eigenvalue weighted by Gasteiger charge is 2.40. The van der Waals surface area contributed by atoms with Crippen LogP contribution in [0.4, 0.5) is 11.4 Å². The van der Waals surface area contributed by atoms with E-state index in [2.05, 4.69) is 23.9 Å². The fraction of sp³-hybridized carbons (Fsp3) is 0.263. The van der Waals surface area contributed by atoms with E-state index >= 15 is 0 Å². The van der Waals surface area contributed by atoms with Gasteiger partial charge in [-0.15, -0.1) is 0 Å². The highest BCUT2D eigenvalue weighted by Crippen LogP contribution is 2.37. The third-order valence-corrected chi connectivity index (χ3v) is 4.20. The maximum Gasteiger partial charge on any atom is 0.356 e. The molecule has 0 N–H and O–H groups in total. The molecule has 1 atom stereocenters. The molecule has 2 heterocycles. The molecule has 4 nitrogen and oxygen atoms in total. The highest BCUT2D eigenvalue weighted by atomic mass is 16.5. The van der Waals surface area contributed by atoms with Crippen LogP contribution in [0.2, 0.25) is 0 Å². The number of carbonyl (C=O) groups is 1. The van der Waals surface area contributed by atoms with Gasteiger partial charge >= 0.3 is 11.8 Å². The summed E-state index contributed by atoms with van der Waals surface area (Å²) in [7, 11) is 0. The monoisotopic (exact) mass is 305 g/mol. The van der Waals surface area contributed by atoms with Crippen molar-refractivity contribution in [3.63, 3.8) is 0 Å². The third kappa shape index (κ3) is 2.25. The third-order valence-electron chi connectivity index (χ3n) is 4.20. The van der Waals surface area contributed by atoms with Gasteiger partial charge in [-0.25, -0.2) is 0 Å². The van der Waals surface area contributed by atoms with Gasteiger partial charge in [-0.1, -0.05) is 25.1 Å². The van der Waals surface area contributed by atoms with Crippen LogP contribution in [0.1, 0.15) is 29.3 Å². The molecule has 1 amide bonds. The molecule has 0 aromatic heterocycles. The molecule has 0 bridgehead atoms. The molecule has 2 aliphatic heterocycles. The molecule has 4 rings (SSSR count). The predicted octanol–water partition coefficient (Wildman–Crippen LogP) is 4.02. The predicted molar refractivity (Wildman–Crippen MR) is 89.9 cm³/mol. The Labute approximate surface area is 135 Å². The molecule has 0 fully saturated rings. The zero-order chi connectivity index (χ0) is 15.8. The summed E-state index contributed by atoms with van der Waals surface area (Å²) < 4.78 is 5.63. The average Bonchev–Trinajstić information content (AvgIpc) is 2.89. The number of nitrogens with zero attached hydrogens (tertiary/aromatic N) is 2. The summed E-state index contributed by atoms with van der Waals surface area (Å²) >= 11 is 0. The zero-order valence-corrected chi connectivity index (χ0v) is 13.0. The second-order valence-corrected chi connectivity index (χ2v) is 5.79.